The first-order valence-electron chi connectivity index (χ1n) is 8.42. The Morgan fingerprint density at radius 3 is 2.96 bits per heavy atom. The quantitative estimate of drug-likeness (QED) is 0.689. The van der Waals surface area contributed by atoms with E-state index in [0.717, 1.165) is 23.5 Å². The Morgan fingerprint density at radius 2 is 2.19 bits per heavy atom. The molecule has 27 heavy (non-hydrogen) atoms. The fourth-order valence-corrected chi connectivity index (χ4v) is 4.52. The summed E-state index contributed by atoms with van der Waals surface area (Å²) >= 11 is 2.96. The van der Waals surface area contributed by atoms with Crippen molar-refractivity contribution < 1.29 is 9.59 Å². The van der Waals surface area contributed by atoms with Gasteiger partial charge in [-0.25, -0.2) is 4.98 Å². The van der Waals surface area contributed by atoms with Gasteiger partial charge in [0.15, 0.2) is 5.13 Å². The molecule has 7 nitrogen and oxygen atoms in total. The molecule has 0 fully saturated rings. The second kappa shape index (κ2) is 7.95. The molecule has 4 heterocycles. The molecule has 0 aromatic carbocycles. The average Bonchev–Trinajstić information content (AvgIpc) is 3.31. The molecule has 0 saturated heterocycles. The number of thiazole rings is 1. The topological polar surface area (TPSA) is 87.2 Å². The lowest BCUT2D eigenvalue weighted by Gasteiger charge is -2.25. The number of hydrogen-bond donors (Lipinski definition) is 2. The second-order valence-corrected chi connectivity index (χ2v) is 7.97. The van der Waals surface area contributed by atoms with Crippen LogP contribution in [0.15, 0.2) is 41.4 Å². The maximum atomic E-state index is 12.2. The SMILES string of the molecule is O=C(CN1CCc2nc(NC(=O)c3ccsc3)sc2C1)Nc1cccnc1. The van der Waals surface area contributed by atoms with Crippen LogP contribution in [0.1, 0.15) is 20.9 Å². The summed E-state index contributed by atoms with van der Waals surface area (Å²) in [6.07, 6.45) is 4.05. The van der Waals surface area contributed by atoms with Crippen LogP contribution in [0.3, 0.4) is 0 Å². The van der Waals surface area contributed by atoms with Crippen molar-refractivity contribution >= 4 is 45.3 Å². The van der Waals surface area contributed by atoms with E-state index in [1.807, 2.05) is 16.8 Å². The third-order valence-corrected chi connectivity index (χ3v) is 5.81. The van der Waals surface area contributed by atoms with Gasteiger partial charge in [0.1, 0.15) is 0 Å². The van der Waals surface area contributed by atoms with Crippen LogP contribution in [-0.2, 0) is 17.8 Å². The first-order valence-corrected chi connectivity index (χ1v) is 10.2. The molecule has 0 unspecified atom stereocenters. The molecule has 3 aromatic heterocycles. The largest absolute Gasteiger partial charge is 0.324 e. The molecule has 0 atom stereocenters. The lowest BCUT2D eigenvalue weighted by atomic mass is 10.2. The predicted molar refractivity (Wildman–Crippen MR) is 106 cm³/mol. The highest BCUT2D eigenvalue weighted by atomic mass is 32.1. The monoisotopic (exact) mass is 399 g/mol. The molecule has 1 aliphatic heterocycles. The van der Waals surface area contributed by atoms with E-state index in [4.69, 9.17) is 0 Å². The van der Waals surface area contributed by atoms with Crippen molar-refractivity contribution in [2.45, 2.75) is 13.0 Å². The highest BCUT2D eigenvalue weighted by Gasteiger charge is 2.23. The molecule has 2 N–H and O–H groups in total. The maximum Gasteiger partial charge on any atom is 0.258 e. The van der Waals surface area contributed by atoms with Crippen LogP contribution in [0.5, 0.6) is 0 Å². The highest BCUT2D eigenvalue weighted by molar-refractivity contribution is 7.16. The predicted octanol–water partition coefficient (Wildman–Crippen LogP) is 2.85. The Morgan fingerprint density at radius 1 is 1.26 bits per heavy atom. The van der Waals surface area contributed by atoms with E-state index < -0.39 is 0 Å². The van der Waals surface area contributed by atoms with Gasteiger partial charge < -0.3 is 5.32 Å². The van der Waals surface area contributed by atoms with Crippen LogP contribution in [0.2, 0.25) is 0 Å². The van der Waals surface area contributed by atoms with Crippen molar-refractivity contribution in [3.8, 4) is 0 Å². The normalized spacial score (nSPS) is 13.8. The van der Waals surface area contributed by atoms with E-state index in [1.165, 1.54) is 22.7 Å². The second-order valence-electron chi connectivity index (χ2n) is 6.11. The lowest BCUT2D eigenvalue weighted by molar-refractivity contribution is -0.117. The van der Waals surface area contributed by atoms with E-state index >= 15 is 0 Å². The molecule has 138 valence electrons. The summed E-state index contributed by atoms with van der Waals surface area (Å²) in [5, 5.41) is 10.0. The number of amides is 2. The zero-order valence-electron chi connectivity index (χ0n) is 14.3. The summed E-state index contributed by atoms with van der Waals surface area (Å²) in [4.78, 5) is 36.1. The van der Waals surface area contributed by atoms with Crippen molar-refractivity contribution in [3.05, 3.63) is 57.5 Å². The van der Waals surface area contributed by atoms with Crippen LogP contribution in [0.25, 0.3) is 0 Å². The van der Waals surface area contributed by atoms with E-state index in [1.54, 1.807) is 24.5 Å². The van der Waals surface area contributed by atoms with Crippen molar-refractivity contribution in [3.63, 3.8) is 0 Å². The number of carbonyl (C=O) groups excluding carboxylic acids is 2. The van der Waals surface area contributed by atoms with Gasteiger partial charge in [-0.2, -0.15) is 11.3 Å². The Kier molecular flexibility index (Phi) is 5.23. The number of carbonyl (C=O) groups is 2. The third-order valence-electron chi connectivity index (χ3n) is 4.13. The smallest absolute Gasteiger partial charge is 0.258 e. The zero-order chi connectivity index (χ0) is 18.6. The van der Waals surface area contributed by atoms with Crippen molar-refractivity contribution in [2.24, 2.45) is 0 Å². The van der Waals surface area contributed by atoms with Crippen LogP contribution in [0, 0.1) is 0 Å². The average molecular weight is 400 g/mol. The van der Waals surface area contributed by atoms with E-state index in [2.05, 4.69) is 25.5 Å². The molecule has 0 aliphatic carbocycles. The Bertz CT molecular complexity index is 940. The number of nitrogens with one attached hydrogen (secondary N) is 2. The number of anilines is 2. The van der Waals surface area contributed by atoms with Gasteiger partial charge in [-0.3, -0.25) is 24.8 Å². The van der Waals surface area contributed by atoms with Crippen molar-refractivity contribution in [1.29, 1.82) is 0 Å². The number of hydrogen-bond acceptors (Lipinski definition) is 7. The molecule has 0 radical (unpaired) electrons. The number of thiophene rings is 1. The molecule has 1 aliphatic rings. The molecule has 0 saturated carbocycles. The molecule has 3 aromatic rings. The minimum atomic E-state index is -0.143. The number of aromatic nitrogens is 2. The standard InChI is InChI=1S/C18H17N5O2S2/c24-16(20-13-2-1-5-19-8-13)10-23-6-3-14-15(9-23)27-18(21-14)22-17(25)12-4-7-26-11-12/h1-2,4-5,7-8,11H,3,6,9-10H2,(H,20,24)(H,21,22,25). The Labute approximate surface area is 164 Å². The van der Waals surface area contributed by atoms with Crippen LogP contribution < -0.4 is 10.6 Å². The van der Waals surface area contributed by atoms with Crippen LogP contribution >= 0.6 is 22.7 Å². The summed E-state index contributed by atoms with van der Waals surface area (Å²) in [6.45, 7) is 1.72. The molecular formula is C18H17N5O2S2. The minimum Gasteiger partial charge on any atom is -0.324 e. The van der Waals surface area contributed by atoms with Gasteiger partial charge in [-0.05, 0) is 23.6 Å². The molecule has 4 rings (SSSR count). The van der Waals surface area contributed by atoms with E-state index in [9.17, 15) is 9.59 Å². The molecule has 0 spiro atoms. The Balaban J connectivity index is 1.35. The van der Waals surface area contributed by atoms with Gasteiger partial charge in [0.25, 0.3) is 5.91 Å². The van der Waals surface area contributed by atoms with Gasteiger partial charge >= 0.3 is 0 Å². The number of pyridine rings is 1. The van der Waals surface area contributed by atoms with Crippen LogP contribution in [0.4, 0.5) is 10.8 Å². The first kappa shape index (κ1) is 17.8. The minimum absolute atomic E-state index is 0.0676. The summed E-state index contributed by atoms with van der Waals surface area (Å²) in [5.41, 5.74) is 2.34. The van der Waals surface area contributed by atoms with Gasteiger partial charge in [0, 0.05) is 36.0 Å². The number of nitrogens with zero attached hydrogens (tertiary/aromatic N) is 3. The van der Waals surface area contributed by atoms with Crippen molar-refractivity contribution in [1.82, 2.24) is 14.9 Å². The molecular weight excluding hydrogens is 382 g/mol. The highest BCUT2D eigenvalue weighted by Crippen LogP contribution is 2.28. The molecule has 9 heteroatoms. The van der Waals surface area contributed by atoms with Gasteiger partial charge in [-0.1, -0.05) is 0 Å². The summed E-state index contributed by atoms with van der Waals surface area (Å²) < 4.78 is 0. The maximum absolute atomic E-state index is 12.2. The van der Waals surface area contributed by atoms with Crippen molar-refractivity contribution in [2.75, 3.05) is 23.7 Å². The fraction of sp³-hybridized carbons (Fsp3) is 0.222. The summed E-state index contributed by atoms with van der Waals surface area (Å²) in [6, 6.07) is 5.38. The third kappa shape index (κ3) is 4.38. The van der Waals surface area contributed by atoms with E-state index in [0.29, 0.717) is 29.5 Å². The number of fused-ring (bicyclic) bond motifs is 1. The lowest BCUT2D eigenvalue weighted by Crippen LogP contribution is -2.36. The summed E-state index contributed by atoms with van der Waals surface area (Å²) in [5.74, 6) is -0.211. The zero-order valence-corrected chi connectivity index (χ0v) is 16.0. The molecule has 2 amide bonds. The van der Waals surface area contributed by atoms with E-state index in [-0.39, 0.29) is 11.8 Å². The van der Waals surface area contributed by atoms with Crippen LogP contribution in [-0.4, -0.2) is 39.8 Å². The fourth-order valence-electron chi connectivity index (χ4n) is 2.84. The van der Waals surface area contributed by atoms with Gasteiger partial charge in [-0.15, -0.1) is 11.3 Å². The summed E-state index contributed by atoms with van der Waals surface area (Å²) in [7, 11) is 0. The van der Waals surface area contributed by atoms with Gasteiger partial charge in [0.2, 0.25) is 5.91 Å². The first-order chi connectivity index (χ1) is 13.2. The van der Waals surface area contributed by atoms with Gasteiger partial charge in [0.05, 0.1) is 29.7 Å². The molecule has 0 bridgehead atoms. The Hall–Kier alpha value is -2.62. The number of rotatable bonds is 5.